The number of thiazole rings is 1. The van der Waals surface area contributed by atoms with E-state index in [1.807, 2.05) is 18.2 Å². The van der Waals surface area contributed by atoms with Crippen LogP contribution in [0, 0.1) is 0 Å². The molecule has 142 valence electrons. The molecule has 3 aromatic rings. The van der Waals surface area contributed by atoms with Gasteiger partial charge in [-0.3, -0.25) is 0 Å². The Hall–Kier alpha value is -1.91. The second-order valence-corrected chi connectivity index (χ2v) is 8.36. The molecule has 4 rings (SSSR count). The predicted octanol–water partition coefficient (Wildman–Crippen LogP) is 6.29. The van der Waals surface area contributed by atoms with E-state index in [1.54, 1.807) is 11.3 Å². The van der Waals surface area contributed by atoms with Crippen LogP contribution in [0.2, 0.25) is 0 Å². The monoisotopic (exact) mass is 380 g/mol. The average molecular weight is 381 g/mol. The number of likely N-dealkylation sites (N-methyl/N-ethyl adjacent to an activating group) is 1. The van der Waals surface area contributed by atoms with Crippen molar-refractivity contribution in [2.45, 2.75) is 51.5 Å². The number of ether oxygens (including phenoxy) is 1. The van der Waals surface area contributed by atoms with Crippen molar-refractivity contribution in [2.75, 3.05) is 13.1 Å². The van der Waals surface area contributed by atoms with Gasteiger partial charge in [-0.1, -0.05) is 61.8 Å². The van der Waals surface area contributed by atoms with Crippen LogP contribution in [0.15, 0.2) is 48.5 Å². The van der Waals surface area contributed by atoms with Crippen LogP contribution in [-0.4, -0.2) is 29.0 Å². The summed E-state index contributed by atoms with van der Waals surface area (Å²) in [5, 5.41) is 0.707. The SMILES string of the molecule is CCN(CCc1ccc(Oc2nc3ccccc3s2)cc1)C1CCCCC1. The van der Waals surface area contributed by atoms with Crippen molar-refractivity contribution in [3.8, 4) is 10.9 Å². The Bertz CT molecular complexity index is 819. The lowest BCUT2D eigenvalue weighted by Gasteiger charge is -2.33. The Balaban J connectivity index is 1.34. The highest BCUT2D eigenvalue weighted by Gasteiger charge is 2.19. The van der Waals surface area contributed by atoms with Crippen LogP contribution >= 0.6 is 11.3 Å². The summed E-state index contributed by atoms with van der Waals surface area (Å²) in [6.45, 7) is 4.60. The Morgan fingerprint density at radius 1 is 1.04 bits per heavy atom. The number of para-hydroxylation sites is 1. The van der Waals surface area contributed by atoms with Gasteiger partial charge >= 0.3 is 0 Å². The molecule has 0 amide bonds. The van der Waals surface area contributed by atoms with Gasteiger partial charge in [0.25, 0.3) is 5.19 Å². The minimum atomic E-state index is 0.707. The van der Waals surface area contributed by atoms with E-state index in [4.69, 9.17) is 4.74 Å². The molecule has 1 heterocycles. The van der Waals surface area contributed by atoms with Crippen LogP contribution in [-0.2, 0) is 6.42 Å². The molecule has 0 bridgehead atoms. The molecule has 4 heteroatoms. The topological polar surface area (TPSA) is 25.4 Å². The Morgan fingerprint density at radius 2 is 1.81 bits per heavy atom. The van der Waals surface area contributed by atoms with Gasteiger partial charge in [0.05, 0.1) is 10.2 Å². The van der Waals surface area contributed by atoms with E-state index in [0.717, 1.165) is 41.5 Å². The summed E-state index contributed by atoms with van der Waals surface area (Å²) in [6, 6.07) is 17.5. The third-order valence-corrected chi connectivity index (χ3v) is 6.50. The van der Waals surface area contributed by atoms with Crippen molar-refractivity contribution in [2.24, 2.45) is 0 Å². The van der Waals surface area contributed by atoms with Crippen molar-refractivity contribution in [1.29, 1.82) is 0 Å². The molecule has 0 N–H and O–H groups in total. The quantitative estimate of drug-likeness (QED) is 0.482. The van der Waals surface area contributed by atoms with Crippen LogP contribution in [0.4, 0.5) is 0 Å². The Morgan fingerprint density at radius 3 is 2.56 bits per heavy atom. The smallest absolute Gasteiger partial charge is 0.279 e. The van der Waals surface area contributed by atoms with Crippen LogP contribution < -0.4 is 4.74 Å². The Labute approximate surface area is 166 Å². The molecule has 0 spiro atoms. The maximum absolute atomic E-state index is 5.96. The lowest BCUT2D eigenvalue weighted by Crippen LogP contribution is -2.38. The minimum absolute atomic E-state index is 0.707. The first-order valence-corrected chi connectivity index (χ1v) is 11.0. The molecular formula is C23H28N2OS. The first-order valence-electron chi connectivity index (χ1n) is 10.2. The van der Waals surface area contributed by atoms with E-state index in [9.17, 15) is 0 Å². The van der Waals surface area contributed by atoms with E-state index in [2.05, 4.69) is 47.1 Å². The average Bonchev–Trinajstić information content (AvgIpc) is 3.13. The third-order valence-electron chi connectivity index (χ3n) is 5.59. The molecule has 0 saturated heterocycles. The number of fused-ring (bicyclic) bond motifs is 1. The second kappa shape index (κ2) is 8.85. The van der Waals surface area contributed by atoms with Crippen LogP contribution in [0.5, 0.6) is 10.9 Å². The van der Waals surface area contributed by atoms with Gasteiger partial charge in [0, 0.05) is 12.6 Å². The summed E-state index contributed by atoms with van der Waals surface area (Å²) in [5.41, 5.74) is 2.37. The molecule has 1 aliphatic rings. The standard InChI is InChI=1S/C23H28N2OS/c1-2-25(19-8-4-3-5-9-19)17-16-18-12-14-20(15-13-18)26-23-24-21-10-6-7-11-22(21)27-23/h6-7,10-15,19H,2-5,8-9,16-17H2,1H3. The second-order valence-electron chi connectivity index (χ2n) is 7.36. The zero-order valence-corrected chi connectivity index (χ0v) is 16.9. The molecule has 3 nitrogen and oxygen atoms in total. The van der Waals surface area contributed by atoms with Crippen molar-refractivity contribution in [1.82, 2.24) is 9.88 Å². The first-order chi connectivity index (χ1) is 13.3. The minimum Gasteiger partial charge on any atom is -0.431 e. The highest BCUT2D eigenvalue weighted by atomic mass is 32.1. The van der Waals surface area contributed by atoms with E-state index in [0.29, 0.717) is 5.19 Å². The van der Waals surface area contributed by atoms with E-state index < -0.39 is 0 Å². The summed E-state index contributed by atoms with van der Waals surface area (Å²) in [7, 11) is 0. The molecule has 1 fully saturated rings. The normalized spacial score (nSPS) is 15.5. The van der Waals surface area contributed by atoms with Gasteiger partial charge in [-0.15, -0.1) is 0 Å². The molecule has 1 aliphatic carbocycles. The van der Waals surface area contributed by atoms with Gasteiger partial charge in [0.1, 0.15) is 5.75 Å². The van der Waals surface area contributed by atoms with E-state index in [-0.39, 0.29) is 0 Å². The first kappa shape index (κ1) is 18.5. The van der Waals surface area contributed by atoms with E-state index >= 15 is 0 Å². The highest BCUT2D eigenvalue weighted by Crippen LogP contribution is 2.31. The van der Waals surface area contributed by atoms with Gasteiger partial charge in [0.15, 0.2) is 0 Å². The molecule has 1 aromatic heterocycles. The molecule has 2 aromatic carbocycles. The number of benzene rings is 2. The number of aromatic nitrogens is 1. The summed E-state index contributed by atoms with van der Waals surface area (Å²) in [5.74, 6) is 0.859. The van der Waals surface area contributed by atoms with Crippen molar-refractivity contribution < 1.29 is 4.74 Å². The molecular weight excluding hydrogens is 352 g/mol. The van der Waals surface area contributed by atoms with Gasteiger partial charge in [0.2, 0.25) is 0 Å². The van der Waals surface area contributed by atoms with Crippen LogP contribution in [0.3, 0.4) is 0 Å². The third kappa shape index (κ3) is 4.69. The summed E-state index contributed by atoms with van der Waals surface area (Å²) in [6.07, 6.45) is 8.08. The van der Waals surface area contributed by atoms with Crippen molar-refractivity contribution in [3.63, 3.8) is 0 Å². The maximum Gasteiger partial charge on any atom is 0.279 e. The zero-order chi connectivity index (χ0) is 18.5. The molecule has 0 radical (unpaired) electrons. The van der Waals surface area contributed by atoms with Crippen LogP contribution in [0.1, 0.15) is 44.6 Å². The fourth-order valence-electron chi connectivity index (χ4n) is 4.04. The summed E-state index contributed by atoms with van der Waals surface area (Å²) >= 11 is 1.59. The van der Waals surface area contributed by atoms with Gasteiger partial charge < -0.3 is 9.64 Å². The van der Waals surface area contributed by atoms with Gasteiger partial charge in [-0.2, -0.15) is 0 Å². The zero-order valence-electron chi connectivity index (χ0n) is 16.1. The van der Waals surface area contributed by atoms with Crippen molar-refractivity contribution >= 4 is 21.6 Å². The maximum atomic E-state index is 5.96. The molecule has 0 unspecified atom stereocenters. The molecule has 0 aliphatic heterocycles. The molecule has 0 atom stereocenters. The molecule has 27 heavy (non-hydrogen) atoms. The van der Waals surface area contributed by atoms with Gasteiger partial charge in [-0.25, -0.2) is 4.98 Å². The van der Waals surface area contributed by atoms with E-state index in [1.165, 1.54) is 37.7 Å². The fraction of sp³-hybridized carbons (Fsp3) is 0.435. The highest BCUT2D eigenvalue weighted by molar-refractivity contribution is 7.20. The van der Waals surface area contributed by atoms with Gasteiger partial charge in [-0.05, 0) is 55.6 Å². The van der Waals surface area contributed by atoms with Crippen LogP contribution in [0.25, 0.3) is 10.2 Å². The lowest BCUT2D eigenvalue weighted by molar-refractivity contribution is 0.165. The largest absolute Gasteiger partial charge is 0.431 e. The number of hydrogen-bond donors (Lipinski definition) is 0. The summed E-state index contributed by atoms with van der Waals surface area (Å²) in [4.78, 5) is 7.21. The Kier molecular flexibility index (Phi) is 6.05. The fourth-order valence-corrected chi connectivity index (χ4v) is 4.87. The summed E-state index contributed by atoms with van der Waals surface area (Å²) < 4.78 is 7.12. The van der Waals surface area contributed by atoms with Crippen molar-refractivity contribution in [3.05, 3.63) is 54.1 Å². The predicted molar refractivity (Wildman–Crippen MR) is 114 cm³/mol. The number of hydrogen-bond acceptors (Lipinski definition) is 4. The molecule has 1 saturated carbocycles. The number of nitrogens with zero attached hydrogens (tertiary/aromatic N) is 2. The lowest BCUT2D eigenvalue weighted by atomic mass is 9.94. The number of rotatable bonds is 7.